The van der Waals surface area contributed by atoms with Crippen molar-refractivity contribution < 1.29 is 22.8 Å². The molecule has 0 atom stereocenters. The van der Waals surface area contributed by atoms with Gasteiger partial charge in [0.25, 0.3) is 0 Å². The second-order valence-corrected chi connectivity index (χ2v) is 7.33. The number of aromatic nitrogens is 1. The molecular weight excluding hydrogens is 370 g/mol. The van der Waals surface area contributed by atoms with Crippen LogP contribution in [0.4, 0.5) is 5.82 Å². The predicted octanol–water partition coefficient (Wildman–Crippen LogP) is 2.34. The van der Waals surface area contributed by atoms with Crippen LogP contribution in [0.1, 0.15) is 15.9 Å². The molecule has 1 heterocycles. The Bertz CT molecular complexity index is 1040. The lowest BCUT2D eigenvalue weighted by Gasteiger charge is -2.05. The number of sulfonamides is 1. The monoisotopic (exact) mass is 387 g/mol. The lowest BCUT2D eigenvalue weighted by atomic mass is 10.1. The highest BCUT2D eigenvalue weighted by atomic mass is 32.2. The van der Waals surface area contributed by atoms with E-state index in [2.05, 4.69) is 10.5 Å². The number of carbonyl (C=O) groups is 1. The van der Waals surface area contributed by atoms with Gasteiger partial charge in [-0.3, -0.25) is 0 Å². The van der Waals surface area contributed by atoms with Gasteiger partial charge < -0.3 is 14.9 Å². The first-order valence-corrected chi connectivity index (χ1v) is 9.55. The molecule has 0 aliphatic rings. The van der Waals surface area contributed by atoms with Gasteiger partial charge in [-0.25, -0.2) is 18.4 Å². The standard InChI is InChI=1S/C18H17N3O5S/c19-27(24,25)14-8-6-12(7-9-14)10-11-20-17-15(18(22)23)16(26-21-17)13-4-2-1-3-5-13/h1-9H,10-11H2,(H,20,21)(H,22,23)(H2,19,24,25). The number of nitrogens with zero attached hydrogens (tertiary/aromatic N) is 1. The smallest absolute Gasteiger partial charge is 0.343 e. The molecule has 27 heavy (non-hydrogen) atoms. The molecule has 0 saturated heterocycles. The molecular formula is C18H17N3O5S. The third kappa shape index (κ3) is 4.33. The number of hydrogen-bond acceptors (Lipinski definition) is 6. The van der Waals surface area contributed by atoms with Crippen LogP contribution in [0.25, 0.3) is 11.3 Å². The third-order valence-corrected chi connectivity index (χ3v) is 4.83. The molecule has 1 aromatic heterocycles. The largest absolute Gasteiger partial charge is 0.477 e. The summed E-state index contributed by atoms with van der Waals surface area (Å²) < 4.78 is 27.7. The Kier molecular flexibility index (Phi) is 5.24. The number of primary sulfonamides is 1. The second kappa shape index (κ2) is 7.60. The highest BCUT2D eigenvalue weighted by Crippen LogP contribution is 2.29. The number of hydrogen-bond donors (Lipinski definition) is 3. The highest BCUT2D eigenvalue weighted by Gasteiger charge is 2.23. The summed E-state index contributed by atoms with van der Waals surface area (Å²) in [5.41, 5.74) is 1.44. The maximum Gasteiger partial charge on any atom is 0.343 e. The van der Waals surface area contributed by atoms with Crippen LogP contribution < -0.4 is 10.5 Å². The molecule has 0 fully saturated rings. The molecule has 0 unspecified atom stereocenters. The van der Waals surface area contributed by atoms with Crippen molar-refractivity contribution in [2.75, 3.05) is 11.9 Å². The summed E-state index contributed by atoms with van der Waals surface area (Å²) in [6.45, 7) is 0.385. The molecule has 0 amide bonds. The van der Waals surface area contributed by atoms with Crippen LogP contribution >= 0.6 is 0 Å². The van der Waals surface area contributed by atoms with Crippen molar-refractivity contribution in [2.45, 2.75) is 11.3 Å². The molecule has 9 heteroatoms. The summed E-state index contributed by atoms with van der Waals surface area (Å²) >= 11 is 0. The first-order valence-electron chi connectivity index (χ1n) is 8.00. The van der Waals surface area contributed by atoms with E-state index in [1.165, 1.54) is 12.1 Å². The Morgan fingerprint density at radius 2 is 1.78 bits per heavy atom. The minimum atomic E-state index is -3.73. The molecule has 2 aromatic carbocycles. The summed E-state index contributed by atoms with van der Waals surface area (Å²) in [5, 5.41) is 21.4. The van der Waals surface area contributed by atoms with Gasteiger partial charge in [0, 0.05) is 12.1 Å². The Labute approximate surface area is 155 Å². The van der Waals surface area contributed by atoms with Crippen molar-refractivity contribution >= 4 is 21.8 Å². The molecule has 0 spiro atoms. The van der Waals surface area contributed by atoms with Crippen LogP contribution in [0.15, 0.2) is 64.0 Å². The molecule has 8 nitrogen and oxygen atoms in total. The molecule has 0 aliphatic carbocycles. The van der Waals surface area contributed by atoms with Crippen LogP contribution in [0.3, 0.4) is 0 Å². The van der Waals surface area contributed by atoms with E-state index in [-0.39, 0.29) is 22.0 Å². The van der Waals surface area contributed by atoms with Crippen LogP contribution in [-0.4, -0.2) is 31.2 Å². The van der Waals surface area contributed by atoms with Crippen LogP contribution in [0.2, 0.25) is 0 Å². The molecule has 0 saturated carbocycles. The first-order chi connectivity index (χ1) is 12.9. The SMILES string of the molecule is NS(=O)(=O)c1ccc(CCNc2noc(-c3ccccc3)c2C(=O)O)cc1. The summed E-state index contributed by atoms with van der Waals surface area (Å²) in [7, 11) is -3.73. The van der Waals surface area contributed by atoms with E-state index >= 15 is 0 Å². The number of rotatable bonds is 7. The van der Waals surface area contributed by atoms with Crippen molar-refractivity contribution in [3.05, 3.63) is 65.7 Å². The average Bonchev–Trinajstić information content (AvgIpc) is 3.06. The molecule has 3 aromatic rings. The number of aromatic carboxylic acids is 1. The van der Waals surface area contributed by atoms with E-state index in [1.807, 2.05) is 6.07 Å². The van der Waals surface area contributed by atoms with Crippen molar-refractivity contribution in [1.29, 1.82) is 0 Å². The number of carboxylic acids is 1. The van der Waals surface area contributed by atoms with Crippen LogP contribution in [-0.2, 0) is 16.4 Å². The van der Waals surface area contributed by atoms with Gasteiger partial charge in [-0.2, -0.15) is 0 Å². The van der Waals surface area contributed by atoms with Gasteiger partial charge >= 0.3 is 5.97 Å². The summed E-state index contributed by atoms with van der Waals surface area (Å²) in [5.74, 6) is -0.819. The van der Waals surface area contributed by atoms with Gasteiger partial charge in [0.05, 0.1) is 4.90 Å². The summed E-state index contributed by atoms with van der Waals surface area (Å²) in [6.07, 6.45) is 0.525. The minimum Gasteiger partial charge on any atom is -0.477 e. The minimum absolute atomic E-state index is 0.0363. The Morgan fingerprint density at radius 1 is 1.11 bits per heavy atom. The van der Waals surface area contributed by atoms with Gasteiger partial charge in [0.15, 0.2) is 17.1 Å². The second-order valence-electron chi connectivity index (χ2n) is 5.77. The molecule has 4 N–H and O–H groups in total. The fourth-order valence-corrected chi connectivity index (χ4v) is 3.08. The highest BCUT2D eigenvalue weighted by molar-refractivity contribution is 7.89. The quantitative estimate of drug-likeness (QED) is 0.566. The lowest BCUT2D eigenvalue weighted by molar-refractivity contribution is 0.0698. The molecule has 140 valence electrons. The van der Waals surface area contributed by atoms with Crippen molar-refractivity contribution in [1.82, 2.24) is 5.16 Å². The van der Waals surface area contributed by atoms with Gasteiger partial charge in [-0.1, -0.05) is 47.6 Å². The van der Waals surface area contributed by atoms with Gasteiger partial charge in [-0.05, 0) is 24.1 Å². The van der Waals surface area contributed by atoms with Gasteiger partial charge in [-0.15, -0.1) is 0 Å². The Morgan fingerprint density at radius 3 is 2.37 bits per heavy atom. The topological polar surface area (TPSA) is 136 Å². The van der Waals surface area contributed by atoms with E-state index in [1.54, 1.807) is 36.4 Å². The van der Waals surface area contributed by atoms with Crippen LogP contribution in [0.5, 0.6) is 0 Å². The van der Waals surface area contributed by atoms with E-state index in [0.29, 0.717) is 18.5 Å². The zero-order valence-corrected chi connectivity index (χ0v) is 14.9. The maximum atomic E-state index is 11.6. The van der Waals surface area contributed by atoms with Crippen molar-refractivity contribution in [3.8, 4) is 11.3 Å². The predicted molar refractivity (Wildman–Crippen MR) is 98.9 cm³/mol. The van der Waals surface area contributed by atoms with Crippen molar-refractivity contribution in [2.24, 2.45) is 5.14 Å². The van der Waals surface area contributed by atoms with Crippen LogP contribution in [0, 0.1) is 0 Å². The molecule has 3 rings (SSSR count). The summed E-state index contributed by atoms with van der Waals surface area (Å²) in [4.78, 5) is 11.7. The number of anilines is 1. The summed E-state index contributed by atoms with van der Waals surface area (Å²) in [6, 6.07) is 15.0. The van der Waals surface area contributed by atoms with E-state index in [0.717, 1.165) is 5.56 Å². The van der Waals surface area contributed by atoms with Gasteiger partial charge in [0.1, 0.15) is 0 Å². The van der Waals surface area contributed by atoms with E-state index in [9.17, 15) is 18.3 Å². The van der Waals surface area contributed by atoms with Gasteiger partial charge in [0.2, 0.25) is 10.0 Å². The lowest BCUT2D eigenvalue weighted by Crippen LogP contribution is -2.12. The maximum absolute atomic E-state index is 11.6. The fourth-order valence-electron chi connectivity index (χ4n) is 2.57. The fraction of sp³-hybridized carbons (Fsp3) is 0.111. The van der Waals surface area contributed by atoms with E-state index < -0.39 is 16.0 Å². The third-order valence-electron chi connectivity index (χ3n) is 3.90. The zero-order valence-electron chi connectivity index (χ0n) is 14.1. The number of benzene rings is 2. The number of carboxylic acid groups (broad SMARTS) is 1. The molecule has 0 aliphatic heterocycles. The first kappa shape index (κ1) is 18.6. The number of nitrogens with two attached hydrogens (primary N) is 1. The van der Waals surface area contributed by atoms with E-state index in [4.69, 9.17) is 9.66 Å². The normalized spacial score (nSPS) is 11.3. The Hall–Kier alpha value is -3.17. The molecule has 0 radical (unpaired) electrons. The zero-order chi connectivity index (χ0) is 19.4. The van der Waals surface area contributed by atoms with Crippen molar-refractivity contribution in [3.63, 3.8) is 0 Å². The number of nitrogens with one attached hydrogen (secondary N) is 1. The molecule has 0 bridgehead atoms. The average molecular weight is 387 g/mol. The Balaban J connectivity index is 1.71.